The standard InChI is InChI=1S/C21H21ClN4O3/c1-13-3-2-4-16(11-13)24-17(20-18(27)12-23-21(20)29)9-10-19(28)26-25-15-7-5-14(22)6-8-15/h2-8,11,24-25H,9-10,12H2,1H3,(H,23,29)(H,26,28). The van der Waals surface area contributed by atoms with Crippen molar-refractivity contribution in [2.75, 3.05) is 17.3 Å². The van der Waals surface area contributed by atoms with Crippen LogP contribution in [0.25, 0.3) is 0 Å². The van der Waals surface area contributed by atoms with Crippen LogP contribution in [0.15, 0.2) is 59.8 Å². The predicted octanol–water partition coefficient (Wildman–Crippen LogP) is 2.94. The van der Waals surface area contributed by atoms with Crippen molar-refractivity contribution >= 4 is 40.6 Å². The first kappa shape index (κ1) is 20.4. The highest BCUT2D eigenvalue weighted by atomic mass is 35.5. The minimum Gasteiger partial charge on any atom is -0.358 e. The number of allylic oxidation sites excluding steroid dienone is 1. The maximum Gasteiger partial charge on any atom is 0.257 e. The number of aryl methyl sites for hydroxylation is 1. The molecular weight excluding hydrogens is 392 g/mol. The highest BCUT2D eigenvalue weighted by molar-refractivity contribution is 6.30. The second-order valence-corrected chi connectivity index (χ2v) is 7.07. The van der Waals surface area contributed by atoms with Crippen molar-refractivity contribution < 1.29 is 14.4 Å². The molecule has 3 rings (SSSR count). The van der Waals surface area contributed by atoms with Crippen LogP contribution in [-0.2, 0) is 14.4 Å². The Balaban J connectivity index is 1.67. The Kier molecular flexibility index (Phi) is 6.51. The van der Waals surface area contributed by atoms with Gasteiger partial charge in [0.05, 0.1) is 12.2 Å². The van der Waals surface area contributed by atoms with Crippen LogP contribution in [0.5, 0.6) is 0 Å². The molecule has 0 bridgehead atoms. The lowest BCUT2D eigenvalue weighted by atomic mass is 10.1. The van der Waals surface area contributed by atoms with Crippen LogP contribution in [0.1, 0.15) is 18.4 Å². The van der Waals surface area contributed by atoms with Gasteiger partial charge in [-0.1, -0.05) is 23.7 Å². The third kappa shape index (κ3) is 5.58. The van der Waals surface area contributed by atoms with Gasteiger partial charge in [0, 0.05) is 22.8 Å². The molecule has 1 aliphatic heterocycles. The van der Waals surface area contributed by atoms with Gasteiger partial charge in [0.15, 0.2) is 5.78 Å². The number of halogens is 1. The van der Waals surface area contributed by atoms with E-state index >= 15 is 0 Å². The number of hydrogen-bond acceptors (Lipinski definition) is 5. The van der Waals surface area contributed by atoms with E-state index in [-0.39, 0.29) is 36.6 Å². The van der Waals surface area contributed by atoms with E-state index in [1.807, 2.05) is 31.2 Å². The van der Waals surface area contributed by atoms with Crippen molar-refractivity contribution in [3.05, 3.63) is 70.4 Å². The van der Waals surface area contributed by atoms with E-state index in [0.29, 0.717) is 16.4 Å². The molecule has 1 aliphatic rings. The normalized spacial score (nSPS) is 15.0. The molecule has 8 heteroatoms. The third-order valence-corrected chi connectivity index (χ3v) is 4.57. The third-order valence-electron chi connectivity index (χ3n) is 4.32. The molecular formula is C21H21ClN4O3. The summed E-state index contributed by atoms with van der Waals surface area (Å²) >= 11 is 5.83. The van der Waals surface area contributed by atoms with Crippen molar-refractivity contribution in [3.63, 3.8) is 0 Å². The monoisotopic (exact) mass is 412 g/mol. The van der Waals surface area contributed by atoms with Crippen LogP contribution in [0, 0.1) is 6.92 Å². The zero-order valence-corrected chi connectivity index (χ0v) is 16.6. The molecule has 0 radical (unpaired) electrons. The largest absolute Gasteiger partial charge is 0.358 e. The quantitative estimate of drug-likeness (QED) is 0.318. The van der Waals surface area contributed by atoms with Crippen molar-refractivity contribution in [1.82, 2.24) is 10.7 Å². The van der Waals surface area contributed by atoms with Gasteiger partial charge in [0.25, 0.3) is 5.91 Å². The summed E-state index contributed by atoms with van der Waals surface area (Å²) in [4.78, 5) is 36.5. The van der Waals surface area contributed by atoms with Crippen LogP contribution < -0.4 is 21.5 Å². The molecule has 0 atom stereocenters. The lowest BCUT2D eigenvalue weighted by Gasteiger charge is -2.14. The van der Waals surface area contributed by atoms with Crippen molar-refractivity contribution in [2.24, 2.45) is 0 Å². The molecule has 0 aromatic heterocycles. The Bertz CT molecular complexity index is 952. The van der Waals surface area contributed by atoms with E-state index in [0.717, 1.165) is 11.3 Å². The van der Waals surface area contributed by atoms with Gasteiger partial charge in [0.2, 0.25) is 5.91 Å². The number of anilines is 2. The molecule has 2 aromatic rings. The number of ketones is 1. The Morgan fingerprint density at radius 1 is 1.07 bits per heavy atom. The molecule has 2 amide bonds. The van der Waals surface area contributed by atoms with E-state index in [9.17, 15) is 14.4 Å². The molecule has 1 fully saturated rings. The smallest absolute Gasteiger partial charge is 0.257 e. The highest BCUT2D eigenvalue weighted by Crippen LogP contribution is 2.20. The second-order valence-electron chi connectivity index (χ2n) is 6.63. The molecule has 150 valence electrons. The van der Waals surface area contributed by atoms with Crippen LogP contribution in [0.4, 0.5) is 11.4 Å². The number of hydrogen-bond donors (Lipinski definition) is 4. The number of hydrazine groups is 1. The second kappa shape index (κ2) is 9.25. The summed E-state index contributed by atoms with van der Waals surface area (Å²) in [5.41, 5.74) is 8.36. The van der Waals surface area contributed by atoms with Gasteiger partial charge in [-0.3, -0.25) is 25.2 Å². The van der Waals surface area contributed by atoms with Gasteiger partial charge in [-0.15, -0.1) is 0 Å². The van der Waals surface area contributed by atoms with E-state index in [4.69, 9.17) is 11.6 Å². The maximum absolute atomic E-state index is 12.2. The summed E-state index contributed by atoms with van der Waals surface area (Å²) < 4.78 is 0. The number of amides is 2. The average molecular weight is 413 g/mol. The molecule has 4 N–H and O–H groups in total. The number of carbonyl (C=O) groups excluding carboxylic acids is 3. The first-order chi connectivity index (χ1) is 13.9. The van der Waals surface area contributed by atoms with E-state index < -0.39 is 5.91 Å². The van der Waals surface area contributed by atoms with Crippen molar-refractivity contribution in [2.45, 2.75) is 19.8 Å². The van der Waals surface area contributed by atoms with Crippen LogP contribution in [-0.4, -0.2) is 24.1 Å². The fourth-order valence-electron chi connectivity index (χ4n) is 2.89. The number of Topliss-reactive ketones (excluding diaryl/α,β-unsaturated/α-hetero) is 1. The number of rotatable bonds is 7. The van der Waals surface area contributed by atoms with Gasteiger partial charge < -0.3 is 10.6 Å². The van der Waals surface area contributed by atoms with Gasteiger partial charge >= 0.3 is 0 Å². The first-order valence-electron chi connectivity index (χ1n) is 9.11. The van der Waals surface area contributed by atoms with Gasteiger partial charge in [-0.25, -0.2) is 0 Å². The lowest BCUT2D eigenvalue weighted by Crippen LogP contribution is -2.29. The fraction of sp³-hybridized carbons (Fsp3) is 0.190. The molecule has 0 unspecified atom stereocenters. The predicted molar refractivity (Wildman–Crippen MR) is 112 cm³/mol. The maximum atomic E-state index is 12.2. The average Bonchev–Trinajstić information content (AvgIpc) is 3.03. The highest BCUT2D eigenvalue weighted by Gasteiger charge is 2.29. The van der Waals surface area contributed by atoms with Crippen LogP contribution in [0.2, 0.25) is 5.02 Å². The number of carbonyl (C=O) groups is 3. The van der Waals surface area contributed by atoms with Gasteiger partial charge in [-0.2, -0.15) is 0 Å². The Hall–Kier alpha value is -3.32. The summed E-state index contributed by atoms with van der Waals surface area (Å²) in [6.07, 6.45) is 0.287. The molecule has 1 heterocycles. The van der Waals surface area contributed by atoms with Crippen LogP contribution >= 0.6 is 11.6 Å². The summed E-state index contributed by atoms with van der Waals surface area (Å²) in [5.74, 6) is -0.996. The molecule has 2 aromatic carbocycles. The fourth-order valence-corrected chi connectivity index (χ4v) is 3.02. The van der Waals surface area contributed by atoms with Crippen molar-refractivity contribution in [3.8, 4) is 0 Å². The molecule has 1 saturated heterocycles. The van der Waals surface area contributed by atoms with E-state index in [1.54, 1.807) is 24.3 Å². The van der Waals surface area contributed by atoms with Gasteiger partial charge in [-0.05, 0) is 55.3 Å². The molecule has 29 heavy (non-hydrogen) atoms. The Labute approximate surface area is 173 Å². The molecule has 0 spiro atoms. The SMILES string of the molecule is Cc1cccc(NC(CCC(=O)NNc2ccc(Cl)cc2)=C2C(=O)CNC2=O)c1. The number of nitrogens with one attached hydrogen (secondary N) is 4. The summed E-state index contributed by atoms with van der Waals surface area (Å²) in [6.45, 7) is 1.92. The summed E-state index contributed by atoms with van der Waals surface area (Å²) in [6, 6.07) is 14.4. The van der Waals surface area contributed by atoms with E-state index in [2.05, 4.69) is 21.5 Å². The summed E-state index contributed by atoms with van der Waals surface area (Å²) in [5, 5.41) is 6.26. The first-order valence-corrected chi connectivity index (χ1v) is 9.49. The lowest BCUT2D eigenvalue weighted by molar-refractivity contribution is -0.121. The zero-order chi connectivity index (χ0) is 20.8. The van der Waals surface area contributed by atoms with Crippen LogP contribution in [0.3, 0.4) is 0 Å². The zero-order valence-electron chi connectivity index (χ0n) is 15.8. The summed E-state index contributed by atoms with van der Waals surface area (Å²) in [7, 11) is 0. The molecule has 7 nitrogen and oxygen atoms in total. The molecule has 0 aliphatic carbocycles. The van der Waals surface area contributed by atoms with Crippen molar-refractivity contribution in [1.29, 1.82) is 0 Å². The number of benzene rings is 2. The molecule has 0 saturated carbocycles. The van der Waals surface area contributed by atoms with Gasteiger partial charge in [0.1, 0.15) is 5.57 Å². The Morgan fingerprint density at radius 3 is 2.48 bits per heavy atom. The van der Waals surface area contributed by atoms with E-state index in [1.165, 1.54) is 0 Å². The minimum atomic E-state index is -0.426. The Morgan fingerprint density at radius 2 is 1.83 bits per heavy atom. The minimum absolute atomic E-state index is 0.0303. The topological polar surface area (TPSA) is 99.3 Å².